The summed E-state index contributed by atoms with van der Waals surface area (Å²) in [6, 6.07) is 5.74. The van der Waals surface area contributed by atoms with Crippen LogP contribution < -0.4 is 15.2 Å². The van der Waals surface area contributed by atoms with E-state index in [2.05, 4.69) is 26.2 Å². The summed E-state index contributed by atoms with van der Waals surface area (Å²) < 4.78 is 36.4. The molecular weight excluding hydrogens is 294 g/mol. The average Bonchev–Trinajstić information content (AvgIpc) is 2.96. The fraction of sp³-hybridized carbons (Fsp3) is 0.154. The first-order chi connectivity index (χ1) is 10.1. The van der Waals surface area contributed by atoms with Crippen LogP contribution in [0.4, 0.5) is 5.82 Å². The Labute approximate surface area is 122 Å². The first kappa shape index (κ1) is 14.9. The average molecular weight is 307 g/mol. The maximum absolute atomic E-state index is 12.2. The number of nitrogens with one attached hydrogen (secondary N) is 1. The molecule has 0 saturated heterocycles. The molecule has 0 amide bonds. The number of methoxy groups -OCH3 is 1. The van der Waals surface area contributed by atoms with Crippen LogP contribution in [0.25, 0.3) is 0 Å². The summed E-state index contributed by atoms with van der Waals surface area (Å²) in [6.07, 6.45) is 1.27. The van der Waals surface area contributed by atoms with Gasteiger partial charge in [-0.05, 0) is 18.2 Å². The van der Waals surface area contributed by atoms with Crippen LogP contribution in [-0.4, -0.2) is 27.2 Å². The van der Waals surface area contributed by atoms with Gasteiger partial charge in [0.1, 0.15) is 12.0 Å². The zero-order chi connectivity index (χ0) is 15.3. The zero-order valence-electron chi connectivity index (χ0n) is 11.2. The van der Waals surface area contributed by atoms with Crippen LogP contribution in [0.3, 0.4) is 0 Å². The van der Waals surface area contributed by atoms with E-state index in [1.54, 1.807) is 0 Å². The third-order valence-corrected chi connectivity index (χ3v) is 3.84. The summed E-state index contributed by atoms with van der Waals surface area (Å²) in [5, 5.41) is 3.50. The topological polar surface area (TPSA) is 107 Å². The predicted molar refractivity (Wildman–Crippen MR) is 76.2 cm³/mol. The smallest absolute Gasteiger partial charge is 0.263 e. The normalized spacial score (nSPS) is 10.6. The highest BCUT2D eigenvalue weighted by atomic mass is 32.2. The van der Waals surface area contributed by atoms with Crippen LogP contribution in [0, 0.1) is 11.8 Å². The quantitative estimate of drug-likeness (QED) is 0.809. The van der Waals surface area contributed by atoms with E-state index in [1.165, 1.54) is 37.6 Å². The van der Waals surface area contributed by atoms with Gasteiger partial charge in [0, 0.05) is 6.07 Å². The first-order valence-electron chi connectivity index (χ1n) is 5.87. The first-order valence-corrected chi connectivity index (χ1v) is 7.35. The maximum Gasteiger partial charge on any atom is 0.263 e. The summed E-state index contributed by atoms with van der Waals surface area (Å²) in [7, 11) is -2.31. The monoisotopic (exact) mass is 307 g/mol. The molecule has 1 heterocycles. The number of hydrogen-bond donors (Lipinski definition) is 2. The van der Waals surface area contributed by atoms with Crippen molar-refractivity contribution in [2.24, 2.45) is 5.73 Å². The zero-order valence-corrected chi connectivity index (χ0v) is 12.0. The summed E-state index contributed by atoms with van der Waals surface area (Å²) >= 11 is 0. The number of aromatic nitrogens is 1. The van der Waals surface area contributed by atoms with Crippen LogP contribution in [0.15, 0.2) is 39.9 Å². The molecule has 7 nitrogen and oxygen atoms in total. The number of sulfonamides is 1. The fourth-order valence-corrected chi connectivity index (χ4v) is 2.58. The van der Waals surface area contributed by atoms with Gasteiger partial charge in [0.2, 0.25) is 0 Å². The Morgan fingerprint density at radius 1 is 1.43 bits per heavy atom. The van der Waals surface area contributed by atoms with Gasteiger partial charge in [-0.15, -0.1) is 0 Å². The van der Waals surface area contributed by atoms with Gasteiger partial charge < -0.3 is 15.0 Å². The lowest BCUT2D eigenvalue weighted by Gasteiger charge is -2.08. The summed E-state index contributed by atoms with van der Waals surface area (Å²) in [5.41, 5.74) is 5.75. The molecule has 0 fully saturated rings. The maximum atomic E-state index is 12.2. The number of ether oxygens (including phenoxy) is 1. The predicted octanol–water partition coefficient (Wildman–Crippen LogP) is 0.794. The molecule has 0 aliphatic heterocycles. The molecule has 2 rings (SSSR count). The molecule has 0 saturated carbocycles. The lowest BCUT2D eigenvalue weighted by Crippen LogP contribution is -2.13. The second-order valence-electron chi connectivity index (χ2n) is 3.86. The lowest BCUT2D eigenvalue weighted by atomic mass is 10.2. The lowest BCUT2D eigenvalue weighted by molar-refractivity contribution is 0.413. The largest absolute Gasteiger partial charge is 0.495 e. The van der Waals surface area contributed by atoms with Crippen molar-refractivity contribution in [3.63, 3.8) is 0 Å². The highest BCUT2D eigenvalue weighted by Crippen LogP contribution is 2.23. The Balaban J connectivity index is 2.39. The fourth-order valence-electron chi connectivity index (χ4n) is 1.56. The Morgan fingerprint density at radius 2 is 2.24 bits per heavy atom. The standard InChI is InChI=1S/C13H13N3O4S/c1-19-12-5-4-11(9-10(12)3-2-7-14)21(17,18)16-13-6-8-20-15-13/h4-6,8-9H,7,14H2,1H3,(H,15,16). The third kappa shape index (κ3) is 3.53. The van der Waals surface area contributed by atoms with Crippen molar-refractivity contribution in [3.05, 3.63) is 36.1 Å². The van der Waals surface area contributed by atoms with E-state index in [4.69, 9.17) is 10.5 Å². The number of rotatable bonds is 4. The molecule has 3 N–H and O–H groups in total. The number of benzene rings is 1. The van der Waals surface area contributed by atoms with Gasteiger partial charge in [-0.2, -0.15) is 0 Å². The summed E-state index contributed by atoms with van der Waals surface area (Å²) in [5.74, 6) is 5.99. The van der Waals surface area contributed by atoms with E-state index < -0.39 is 10.0 Å². The van der Waals surface area contributed by atoms with E-state index in [0.29, 0.717) is 11.3 Å². The van der Waals surface area contributed by atoms with Crippen molar-refractivity contribution in [3.8, 4) is 17.6 Å². The van der Waals surface area contributed by atoms with E-state index in [0.717, 1.165) is 0 Å². The van der Waals surface area contributed by atoms with Crippen LogP contribution in [0.5, 0.6) is 5.75 Å². The Hall–Kier alpha value is -2.50. The summed E-state index contributed by atoms with van der Waals surface area (Å²) in [4.78, 5) is 0.0348. The minimum atomic E-state index is -3.78. The minimum absolute atomic E-state index is 0.0348. The molecule has 0 unspecified atom stereocenters. The molecule has 0 atom stereocenters. The number of hydrogen-bond acceptors (Lipinski definition) is 6. The Morgan fingerprint density at radius 3 is 2.86 bits per heavy atom. The van der Waals surface area contributed by atoms with Crippen LogP contribution >= 0.6 is 0 Å². The number of nitrogens with zero attached hydrogens (tertiary/aromatic N) is 1. The van der Waals surface area contributed by atoms with Crippen molar-refractivity contribution in [1.29, 1.82) is 0 Å². The van der Waals surface area contributed by atoms with Crippen molar-refractivity contribution >= 4 is 15.8 Å². The second kappa shape index (κ2) is 6.30. The van der Waals surface area contributed by atoms with Crippen LogP contribution in [0.1, 0.15) is 5.56 Å². The molecular formula is C13H13N3O4S. The highest BCUT2D eigenvalue weighted by molar-refractivity contribution is 7.92. The Bertz CT molecular complexity index is 773. The van der Waals surface area contributed by atoms with Gasteiger partial charge in [0.05, 0.1) is 24.1 Å². The molecule has 0 aliphatic carbocycles. The van der Waals surface area contributed by atoms with Gasteiger partial charge in [-0.3, -0.25) is 4.72 Å². The van der Waals surface area contributed by atoms with Crippen molar-refractivity contribution in [2.45, 2.75) is 4.90 Å². The van der Waals surface area contributed by atoms with Crippen molar-refractivity contribution in [1.82, 2.24) is 5.16 Å². The van der Waals surface area contributed by atoms with Gasteiger partial charge in [0.15, 0.2) is 5.82 Å². The number of anilines is 1. The second-order valence-corrected chi connectivity index (χ2v) is 5.54. The minimum Gasteiger partial charge on any atom is -0.495 e. The molecule has 0 bridgehead atoms. The van der Waals surface area contributed by atoms with E-state index in [1.807, 2.05) is 0 Å². The van der Waals surface area contributed by atoms with Crippen LogP contribution in [0.2, 0.25) is 0 Å². The summed E-state index contributed by atoms with van der Waals surface area (Å²) in [6.45, 7) is 0.164. The SMILES string of the molecule is COc1ccc(S(=O)(=O)Nc2ccon2)cc1C#CCN. The molecule has 0 aliphatic rings. The third-order valence-electron chi connectivity index (χ3n) is 2.48. The molecule has 0 radical (unpaired) electrons. The Kier molecular flexibility index (Phi) is 4.47. The van der Waals surface area contributed by atoms with E-state index in [9.17, 15) is 8.42 Å². The molecule has 2 aromatic rings. The van der Waals surface area contributed by atoms with Gasteiger partial charge in [-0.1, -0.05) is 17.0 Å². The number of nitrogens with two attached hydrogens (primary N) is 1. The molecule has 110 valence electrons. The van der Waals surface area contributed by atoms with E-state index in [-0.39, 0.29) is 17.3 Å². The molecule has 0 spiro atoms. The van der Waals surface area contributed by atoms with Gasteiger partial charge in [-0.25, -0.2) is 8.42 Å². The van der Waals surface area contributed by atoms with Crippen molar-refractivity contribution in [2.75, 3.05) is 18.4 Å². The van der Waals surface area contributed by atoms with Crippen molar-refractivity contribution < 1.29 is 17.7 Å². The molecule has 8 heteroatoms. The molecule has 1 aromatic carbocycles. The van der Waals surface area contributed by atoms with Gasteiger partial charge in [0.25, 0.3) is 10.0 Å². The molecule has 1 aromatic heterocycles. The van der Waals surface area contributed by atoms with E-state index >= 15 is 0 Å². The van der Waals surface area contributed by atoms with Crippen LogP contribution in [-0.2, 0) is 10.0 Å². The molecule has 21 heavy (non-hydrogen) atoms. The highest BCUT2D eigenvalue weighted by Gasteiger charge is 2.17. The van der Waals surface area contributed by atoms with Gasteiger partial charge >= 0.3 is 0 Å².